The highest BCUT2D eigenvalue weighted by molar-refractivity contribution is 6.31. The molecule has 3 aromatic heterocycles. The molecule has 200 valence electrons. The third-order valence-corrected chi connectivity index (χ3v) is 7.86. The Morgan fingerprint density at radius 1 is 1.18 bits per heavy atom. The van der Waals surface area contributed by atoms with Gasteiger partial charge in [0.25, 0.3) is 5.91 Å². The minimum absolute atomic E-state index is 0.0671. The summed E-state index contributed by atoms with van der Waals surface area (Å²) in [7, 11) is 0. The van der Waals surface area contributed by atoms with E-state index in [9.17, 15) is 18.0 Å². The molecule has 1 spiro atoms. The summed E-state index contributed by atoms with van der Waals surface area (Å²) >= 11 is 5.97. The van der Waals surface area contributed by atoms with E-state index in [1.807, 2.05) is 32.0 Å². The smallest absolute Gasteiger partial charge is 0.421 e. The topological polar surface area (TPSA) is 80.2 Å². The summed E-state index contributed by atoms with van der Waals surface area (Å²) in [5, 5.41) is 2.63. The third kappa shape index (κ3) is 4.44. The zero-order valence-corrected chi connectivity index (χ0v) is 21.7. The molecule has 5 heterocycles. The second kappa shape index (κ2) is 10.1. The van der Waals surface area contributed by atoms with Crippen molar-refractivity contribution in [3.63, 3.8) is 0 Å². The molecular weight excluding hydrogens is 519 g/mol. The van der Waals surface area contributed by atoms with E-state index in [1.165, 1.54) is 6.20 Å². The van der Waals surface area contributed by atoms with Gasteiger partial charge in [-0.15, -0.1) is 0 Å². The van der Waals surface area contributed by atoms with E-state index in [2.05, 4.69) is 15.3 Å². The quantitative estimate of drug-likeness (QED) is 0.454. The van der Waals surface area contributed by atoms with Crippen molar-refractivity contribution in [2.24, 2.45) is 5.92 Å². The van der Waals surface area contributed by atoms with Crippen LogP contribution in [0.3, 0.4) is 0 Å². The molecule has 2 aliphatic heterocycles. The Kier molecular flexibility index (Phi) is 6.94. The van der Waals surface area contributed by atoms with E-state index in [4.69, 9.17) is 21.3 Å². The summed E-state index contributed by atoms with van der Waals surface area (Å²) in [5.74, 6) is -0.0700. The van der Waals surface area contributed by atoms with Gasteiger partial charge in [0.2, 0.25) is 5.88 Å². The second-order valence-corrected chi connectivity index (χ2v) is 9.92. The van der Waals surface area contributed by atoms with Gasteiger partial charge in [-0.2, -0.15) is 13.2 Å². The molecule has 2 atom stereocenters. The molecule has 2 aliphatic rings. The number of fused-ring (bicyclic) bond motifs is 2. The van der Waals surface area contributed by atoms with Crippen LogP contribution in [-0.4, -0.2) is 47.1 Å². The Morgan fingerprint density at radius 2 is 2.00 bits per heavy atom. The molecule has 7 nitrogen and oxygen atoms in total. The molecule has 1 fully saturated rings. The van der Waals surface area contributed by atoms with Gasteiger partial charge >= 0.3 is 6.18 Å². The molecular formula is C27H27ClF3N5O2. The van der Waals surface area contributed by atoms with Crippen molar-refractivity contribution in [1.82, 2.24) is 20.3 Å². The first-order chi connectivity index (χ1) is 18.2. The molecule has 5 rings (SSSR count). The highest BCUT2D eigenvalue weighted by atomic mass is 35.5. The Morgan fingerprint density at radius 3 is 2.74 bits per heavy atom. The highest BCUT2D eigenvalue weighted by Gasteiger charge is 2.49. The van der Waals surface area contributed by atoms with Crippen molar-refractivity contribution >= 4 is 23.3 Å². The summed E-state index contributed by atoms with van der Waals surface area (Å²) in [5.41, 5.74) is 0.985. The monoisotopic (exact) mass is 545 g/mol. The molecule has 0 aromatic carbocycles. The number of ether oxygens (including phenoxy) is 1. The van der Waals surface area contributed by atoms with Crippen LogP contribution < -0.4 is 15.0 Å². The van der Waals surface area contributed by atoms with Crippen molar-refractivity contribution in [3.8, 4) is 17.1 Å². The lowest BCUT2D eigenvalue weighted by atomic mass is 9.63. The number of carbonyl (C=O) groups is 1. The van der Waals surface area contributed by atoms with Crippen LogP contribution in [-0.2, 0) is 11.6 Å². The number of nitrogens with one attached hydrogen (secondary N) is 1. The summed E-state index contributed by atoms with van der Waals surface area (Å²) in [4.78, 5) is 27.8. The molecule has 38 heavy (non-hydrogen) atoms. The van der Waals surface area contributed by atoms with E-state index in [-0.39, 0.29) is 22.7 Å². The number of hydrogen-bond donors (Lipinski definition) is 1. The zero-order valence-electron chi connectivity index (χ0n) is 21.0. The number of piperidine rings is 1. The molecule has 0 aliphatic carbocycles. The SMILES string of the molecule is CCOc1ncccc1-c1ccc2c(n1)C(=O)NCC21CCN(c2nccc(Cl)c2C(F)(F)F)CC1CC. The Balaban J connectivity index is 1.53. The first kappa shape index (κ1) is 26.2. The van der Waals surface area contributed by atoms with Gasteiger partial charge in [-0.3, -0.25) is 4.79 Å². The standard InChI is InChI=1S/C27H27ClF3N5O2/c1-3-16-14-36(23-21(27(29,30)31)19(28)9-12-32-23)13-10-26(16)15-34-24(37)22-18(26)7-8-20(35-22)17-6-5-11-33-25(17)38-4-2/h5-9,11-12,16H,3-4,10,13-15H2,1-2H3,(H,34,37). The van der Waals surface area contributed by atoms with Crippen LogP contribution in [0.4, 0.5) is 19.0 Å². The predicted octanol–water partition coefficient (Wildman–Crippen LogP) is 5.53. The average molecular weight is 546 g/mol. The van der Waals surface area contributed by atoms with Gasteiger partial charge in [0.1, 0.15) is 17.1 Å². The first-order valence-corrected chi connectivity index (χ1v) is 12.9. The van der Waals surface area contributed by atoms with Crippen LogP contribution in [0.15, 0.2) is 42.7 Å². The number of anilines is 1. The normalized spacial score (nSPS) is 21.3. The summed E-state index contributed by atoms with van der Waals surface area (Å²) in [6, 6.07) is 8.57. The Labute approximate surface area is 223 Å². The number of rotatable bonds is 5. The number of alkyl halides is 3. The largest absolute Gasteiger partial charge is 0.477 e. The number of carbonyl (C=O) groups excluding carboxylic acids is 1. The van der Waals surface area contributed by atoms with Crippen LogP contribution in [0, 0.1) is 5.92 Å². The predicted molar refractivity (Wildman–Crippen MR) is 138 cm³/mol. The zero-order chi connectivity index (χ0) is 27.1. The molecule has 11 heteroatoms. The van der Waals surface area contributed by atoms with Crippen molar-refractivity contribution in [3.05, 3.63) is 64.6 Å². The maximum absolute atomic E-state index is 13.9. The van der Waals surface area contributed by atoms with Gasteiger partial charge in [-0.05, 0) is 49.1 Å². The maximum Gasteiger partial charge on any atom is 0.421 e. The van der Waals surface area contributed by atoms with Crippen LogP contribution in [0.25, 0.3) is 11.3 Å². The van der Waals surface area contributed by atoms with Crippen LogP contribution in [0.2, 0.25) is 5.02 Å². The summed E-state index contributed by atoms with van der Waals surface area (Å²) in [6.45, 7) is 5.35. The Hall–Kier alpha value is -3.40. The van der Waals surface area contributed by atoms with Crippen molar-refractivity contribution in [2.75, 3.05) is 31.1 Å². The Bertz CT molecular complexity index is 1370. The van der Waals surface area contributed by atoms with Crippen molar-refractivity contribution < 1.29 is 22.7 Å². The summed E-state index contributed by atoms with van der Waals surface area (Å²) < 4.78 is 47.2. The fourth-order valence-corrected chi connectivity index (χ4v) is 5.99. The lowest BCUT2D eigenvalue weighted by molar-refractivity contribution is -0.137. The third-order valence-electron chi connectivity index (χ3n) is 7.55. The average Bonchev–Trinajstić information content (AvgIpc) is 2.90. The molecule has 1 saturated heterocycles. The minimum Gasteiger partial charge on any atom is -0.477 e. The first-order valence-electron chi connectivity index (χ1n) is 12.5. The lowest BCUT2D eigenvalue weighted by Gasteiger charge is -2.50. The molecule has 0 bridgehead atoms. The number of pyridine rings is 3. The maximum atomic E-state index is 13.9. The van der Waals surface area contributed by atoms with E-state index in [1.54, 1.807) is 17.2 Å². The molecule has 3 aromatic rings. The number of amides is 1. The lowest BCUT2D eigenvalue weighted by Crippen LogP contribution is -2.58. The van der Waals surface area contributed by atoms with E-state index < -0.39 is 17.2 Å². The van der Waals surface area contributed by atoms with Crippen LogP contribution in [0.5, 0.6) is 5.88 Å². The minimum atomic E-state index is -4.63. The fraction of sp³-hybridized carbons (Fsp3) is 0.407. The second-order valence-electron chi connectivity index (χ2n) is 9.51. The molecule has 1 amide bonds. The fourth-order valence-electron chi connectivity index (χ4n) is 5.74. The van der Waals surface area contributed by atoms with Gasteiger partial charge in [-0.1, -0.05) is 31.0 Å². The van der Waals surface area contributed by atoms with E-state index in [0.717, 1.165) is 11.6 Å². The van der Waals surface area contributed by atoms with Gasteiger partial charge < -0.3 is 15.0 Å². The van der Waals surface area contributed by atoms with Gasteiger partial charge in [-0.25, -0.2) is 15.0 Å². The number of hydrogen-bond acceptors (Lipinski definition) is 6. The molecule has 2 unspecified atom stereocenters. The molecule has 0 saturated carbocycles. The molecule has 1 N–H and O–H groups in total. The van der Waals surface area contributed by atoms with Gasteiger partial charge in [0.05, 0.1) is 22.9 Å². The highest BCUT2D eigenvalue weighted by Crippen LogP contribution is 2.47. The number of aromatic nitrogens is 3. The van der Waals surface area contributed by atoms with E-state index in [0.29, 0.717) is 61.9 Å². The van der Waals surface area contributed by atoms with Crippen molar-refractivity contribution in [2.45, 2.75) is 38.3 Å². The number of halogens is 4. The van der Waals surface area contributed by atoms with Crippen molar-refractivity contribution in [1.29, 1.82) is 0 Å². The van der Waals surface area contributed by atoms with Crippen LogP contribution in [0.1, 0.15) is 48.3 Å². The van der Waals surface area contributed by atoms with E-state index >= 15 is 0 Å². The van der Waals surface area contributed by atoms with Gasteiger partial charge in [0, 0.05) is 37.4 Å². The van der Waals surface area contributed by atoms with Gasteiger partial charge in [0.15, 0.2) is 0 Å². The number of nitrogens with zero attached hydrogens (tertiary/aromatic N) is 4. The summed E-state index contributed by atoms with van der Waals surface area (Å²) in [6.07, 6.45) is -0.493. The van der Waals surface area contributed by atoms with Crippen LogP contribution >= 0.6 is 11.6 Å². The molecule has 0 radical (unpaired) electrons.